The standard InChI is InChI=1S/C15H16BrN3O/c1-11-7-13(16)15(18-8-11)19-10-14(20)17-9-12-5-3-2-4-6-12/h2-8H,9-10H2,1H3,(H,17,20)(H,18,19). The second-order valence-corrected chi connectivity index (χ2v) is 5.31. The first-order valence-corrected chi connectivity index (χ1v) is 7.11. The highest BCUT2D eigenvalue weighted by molar-refractivity contribution is 9.10. The molecule has 0 atom stereocenters. The summed E-state index contributed by atoms with van der Waals surface area (Å²) in [4.78, 5) is 16.0. The fraction of sp³-hybridized carbons (Fsp3) is 0.200. The van der Waals surface area contributed by atoms with Gasteiger partial charge in [-0.15, -0.1) is 0 Å². The highest BCUT2D eigenvalue weighted by Crippen LogP contribution is 2.19. The van der Waals surface area contributed by atoms with E-state index < -0.39 is 0 Å². The summed E-state index contributed by atoms with van der Waals surface area (Å²) in [6.07, 6.45) is 1.76. The minimum absolute atomic E-state index is 0.0665. The second kappa shape index (κ2) is 7.05. The van der Waals surface area contributed by atoms with Crippen molar-refractivity contribution in [2.75, 3.05) is 11.9 Å². The molecule has 0 fully saturated rings. The zero-order valence-electron chi connectivity index (χ0n) is 11.2. The van der Waals surface area contributed by atoms with Crippen LogP contribution in [-0.2, 0) is 11.3 Å². The van der Waals surface area contributed by atoms with Crippen molar-refractivity contribution in [1.82, 2.24) is 10.3 Å². The number of aromatic nitrogens is 1. The summed E-state index contributed by atoms with van der Waals surface area (Å²) in [6.45, 7) is 2.69. The summed E-state index contributed by atoms with van der Waals surface area (Å²) < 4.78 is 0.855. The summed E-state index contributed by atoms with van der Waals surface area (Å²) in [7, 11) is 0. The number of nitrogens with one attached hydrogen (secondary N) is 2. The van der Waals surface area contributed by atoms with Crippen LogP contribution in [0.3, 0.4) is 0 Å². The van der Waals surface area contributed by atoms with E-state index in [0.29, 0.717) is 12.4 Å². The molecule has 0 bridgehead atoms. The first-order valence-electron chi connectivity index (χ1n) is 6.32. The summed E-state index contributed by atoms with van der Waals surface area (Å²) >= 11 is 3.42. The Balaban J connectivity index is 1.80. The van der Waals surface area contributed by atoms with E-state index in [1.807, 2.05) is 43.3 Å². The molecular weight excluding hydrogens is 318 g/mol. The SMILES string of the molecule is Cc1cnc(NCC(=O)NCc2ccccc2)c(Br)c1. The zero-order chi connectivity index (χ0) is 14.4. The summed E-state index contributed by atoms with van der Waals surface area (Å²) in [5.41, 5.74) is 2.14. The van der Waals surface area contributed by atoms with Crippen molar-refractivity contribution in [2.45, 2.75) is 13.5 Å². The van der Waals surface area contributed by atoms with Crippen LogP contribution in [-0.4, -0.2) is 17.4 Å². The van der Waals surface area contributed by atoms with E-state index in [2.05, 4.69) is 31.5 Å². The Bertz CT molecular complexity index is 587. The number of halogens is 1. The molecule has 2 rings (SSSR count). The first-order chi connectivity index (χ1) is 9.65. The van der Waals surface area contributed by atoms with Crippen LogP contribution in [0, 0.1) is 6.92 Å². The van der Waals surface area contributed by atoms with Crippen LogP contribution in [0.1, 0.15) is 11.1 Å². The molecule has 2 aromatic rings. The third kappa shape index (κ3) is 4.35. The maximum absolute atomic E-state index is 11.8. The number of carbonyl (C=O) groups excluding carboxylic acids is 1. The topological polar surface area (TPSA) is 54.0 Å². The molecule has 1 amide bonds. The Morgan fingerprint density at radius 3 is 2.75 bits per heavy atom. The Morgan fingerprint density at radius 1 is 1.30 bits per heavy atom. The van der Waals surface area contributed by atoms with Crippen molar-refractivity contribution in [1.29, 1.82) is 0 Å². The smallest absolute Gasteiger partial charge is 0.239 e. The molecule has 5 heteroatoms. The number of rotatable bonds is 5. The van der Waals surface area contributed by atoms with Gasteiger partial charge in [-0.05, 0) is 40.0 Å². The van der Waals surface area contributed by atoms with E-state index in [9.17, 15) is 4.79 Å². The molecule has 0 aliphatic carbocycles. The fourth-order valence-corrected chi connectivity index (χ4v) is 2.29. The lowest BCUT2D eigenvalue weighted by atomic mass is 10.2. The molecule has 1 aromatic heterocycles. The van der Waals surface area contributed by atoms with Gasteiger partial charge in [0.25, 0.3) is 0 Å². The van der Waals surface area contributed by atoms with Crippen LogP contribution < -0.4 is 10.6 Å². The minimum atomic E-state index is -0.0665. The van der Waals surface area contributed by atoms with Crippen molar-refractivity contribution < 1.29 is 4.79 Å². The fourth-order valence-electron chi connectivity index (χ4n) is 1.69. The predicted molar refractivity (Wildman–Crippen MR) is 83.5 cm³/mol. The predicted octanol–water partition coefficient (Wildman–Crippen LogP) is 2.88. The van der Waals surface area contributed by atoms with E-state index in [0.717, 1.165) is 15.6 Å². The molecule has 4 nitrogen and oxygen atoms in total. The van der Waals surface area contributed by atoms with Crippen LogP contribution in [0.5, 0.6) is 0 Å². The van der Waals surface area contributed by atoms with Crippen LogP contribution in [0.15, 0.2) is 47.1 Å². The van der Waals surface area contributed by atoms with Gasteiger partial charge in [0.15, 0.2) is 0 Å². The van der Waals surface area contributed by atoms with Crippen LogP contribution in [0.25, 0.3) is 0 Å². The number of amides is 1. The summed E-state index contributed by atoms with van der Waals surface area (Å²) in [6, 6.07) is 11.8. The number of pyridine rings is 1. The third-order valence-electron chi connectivity index (χ3n) is 2.73. The molecule has 0 saturated carbocycles. The largest absolute Gasteiger partial charge is 0.360 e. The molecule has 1 heterocycles. The average Bonchev–Trinajstić information content (AvgIpc) is 2.45. The maximum atomic E-state index is 11.8. The van der Waals surface area contributed by atoms with Crippen LogP contribution in [0.2, 0.25) is 0 Å². The molecular formula is C15H16BrN3O. The number of anilines is 1. The minimum Gasteiger partial charge on any atom is -0.360 e. The van der Waals surface area contributed by atoms with Gasteiger partial charge in [-0.25, -0.2) is 4.98 Å². The van der Waals surface area contributed by atoms with Gasteiger partial charge in [-0.3, -0.25) is 4.79 Å². The van der Waals surface area contributed by atoms with Crippen molar-refractivity contribution in [3.05, 3.63) is 58.2 Å². The maximum Gasteiger partial charge on any atom is 0.239 e. The van der Waals surface area contributed by atoms with Gasteiger partial charge in [0.1, 0.15) is 5.82 Å². The van der Waals surface area contributed by atoms with E-state index in [1.165, 1.54) is 0 Å². The summed E-state index contributed by atoms with van der Waals surface area (Å²) in [5, 5.41) is 5.86. The number of nitrogens with zero attached hydrogens (tertiary/aromatic N) is 1. The van der Waals surface area contributed by atoms with Gasteiger partial charge in [0.05, 0.1) is 11.0 Å². The molecule has 104 valence electrons. The second-order valence-electron chi connectivity index (χ2n) is 4.46. The Kier molecular flexibility index (Phi) is 5.12. The number of aryl methyl sites for hydroxylation is 1. The Labute approximate surface area is 126 Å². The summed E-state index contributed by atoms with van der Waals surface area (Å²) in [5.74, 6) is 0.605. The first kappa shape index (κ1) is 14.5. The van der Waals surface area contributed by atoms with E-state index in [-0.39, 0.29) is 12.5 Å². The van der Waals surface area contributed by atoms with E-state index in [4.69, 9.17) is 0 Å². The third-order valence-corrected chi connectivity index (χ3v) is 3.33. The highest BCUT2D eigenvalue weighted by Gasteiger charge is 2.05. The van der Waals surface area contributed by atoms with Crippen molar-refractivity contribution >= 4 is 27.7 Å². The van der Waals surface area contributed by atoms with Gasteiger partial charge in [-0.1, -0.05) is 30.3 Å². The zero-order valence-corrected chi connectivity index (χ0v) is 12.8. The average molecular weight is 334 g/mol. The van der Waals surface area contributed by atoms with Gasteiger partial charge in [-0.2, -0.15) is 0 Å². The molecule has 0 radical (unpaired) electrons. The molecule has 0 unspecified atom stereocenters. The molecule has 0 spiro atoms. The number of hydrogen-bond acceptors (Lipinski definition) is 3. The molecule has 0 aliphatic heterocycles. The van der Waals surface area contributed by atoms with Crippen LogP contribution in [0.4, 0.5) is 5.82 Å². The monoisotopic (exact) mass is 333 g/mol. The quantitative estimate of drug-likeness (QED) is 0.884. The van der Waals surface area contributed by atoms with E-state index in [1.54, 1.807) is 6.20 Å². The molecule has 0 aliphatic rings. The molecule has 0 saturated heterocycles. The Hall–Kier alpha value is -1.88. The lowest BCUT2D eigenvalue weighted by Gasteiger charge is -2.09. The van der Waals surface area contributed by atoms with Crippen molar-refractivity contribution in [2.24, 2.45) is 0 Å². The van der Waals surface area contributed by atoms with Gasteiger partial charge in [0.2, 0.25) is 5.91 Å². The van der Waals surface area contributed by atoms with Gasteiger partial charge >= 0.3 is 0 Å². The lowest BCUT2D eigenvalue weighted by molar-refractivity contribution is -0.119. The number of carbonyl (C=O) groups is 1. The lowest BCUT2D eigenvalue weighted by Crippen LogP contribution is -2.29. The molecule has 1 aromatic carbocycles. The number of benzene rings is 1. The number of hydrogen-bond donors (Lipinski definition) is 2. The Morgan fingerprint density at radius 2 is 2.05 bits per heavy atom. The van der Waals surface area contributed by atoms with Gasteiger partial charge < -0.3 is 10.6 Å². The normalized spacial score (nSPS) is 10.1. The highest BCUT2D eigenvalue weighted by atomic mass is 79.9. The van der Waals surface area contributed by atoms with Crippen LogP contribution >= 0.6 is 15.9 Å². The molecule has 20 heavy (non-hydrogen) atoms. The van der Waals surface area contributed by atoms with Gasteiger partial charge in [0, 0.05) is 12.7 Å². The van der Waals surface area contributed by atoms with E-state index >= 15 is 0 Å². The van der Waals surface area contributed by atoms with Crippen molar-refractivity contribution in [3.63, 3.8) is 0 Å². The molecule has 2 N–H and O–H groups in total. The van der Waals surface area contributed by atoms with Crippen molar-refractivity contribution in [3.8, 4) is 0 Å².